The van der Waals surface area contributed by atoms with E-state index in [9.17, 15) is 13.2 Å². The molecule has 1 N–H and O–H groups in total. The Kier molecular flexibility index (Phi) is 3.91. The molecule has 0 aliphatic carbocycles. The fraction of sp³-hybridized carbons (Fsp3) is 0.727. The number of nitrogens with zero attached hydrogens (tertiary/aromatic N) is 3. The first-order valence-corrected chi connectivity index (χ1v) is 5.97. The van der Waals surface area contributed by atoms with Crippen LogP contribution in [-0.4, -0.2) is 46.3 Å². The van der Waals surface area contributed by atoms with Gasteiger partial charge in [0.25, 0.3) is 0 Å². The Morgan fingerprint density at radius 3 is 2.94 bits per heavy atom. The number of piperazine rings is 1. The summed E-state index contributed by atoms with van der Waals surface area (Å²) in [5.41, 5.74) is 0. The molecule has 0 aromatic carbocycles. The van der Waals surface area contributed by atoms with E-state index in [1.165, 1.54) is 17.0 Å². The summed E-state index contributed by atoms with van der Waals surface area (Å²) < 4.78 is 38.3. The van der Waals surface area contributed by atoms with E-state index in [1.807, 2.05) is 0 Å². The van der Waals surface area contributed by atoms with E-state index in [1.54, 1.807) is 0 Å². The van der Waals surface area contributed by atoms with Gasteiger partial charge in [-0.15, -0.1) is 0 Å². The Labute approximate surface area is 104 Å². The van der Waals surface area contributed by atoms with Crippen molar-refractivity contribution >= 4 is 0 Å². The molecule has 1 atom stereocenters. The largest absolute Gasteiger partial charge is 0.406 e. The smallest absolute Gasteiger partial charge is 0.325 e. The summed E-state index contributed by atoms with van der Waals surface area (Å²) in [6, 6.07) is 0.315. The van der Waals surface area contributed by atoms with Crippen LogP contribution >= 0.6 is 0 Å². The molecule has 102 valence electrons. The van der Waals surface area contributed by atoms with E-state index in [0.717, 1.165) is 19.6 Å². The number of nitrogens with one attached hydrogen (secondary N) is 1. The quantitative estimate of drug-likeness (QED) is 0.889. The maximum atomic E-state index is 12.4. The van der Waals surface area contributed by atoms with Crippen molar-refractivity contribution in [3.05, 3.63) is 18.2 Å². The average molecular weight is 262 g/mol. The van der Waals surface area contributed by atoms with E-state index in [-0.39, 0.29) is 0 Å². The zero-order valence-corrected chi connectivity index (χ0v) is 10.2. The van der Waals surface area contributed by atoms with Crippen molar-refractivity contribution in [2.75, 3.05) is 19.6 Å². The fourth-order valence-corrected chi connectivity index (χ4v) is 2.13. The van der Waals surface area contributed by atoms with Gasteiger partial charge in [-0.1, -0.05) is 0 Å². The minimum Gasteiger partial charge on any atom is -0.325 e. The molecule has 0 bridgehead atoms. The van der Waals surface area contributed by atoms with Gasteiger partial charge in [0.2, 0.25) is 0 Å². The van der Waals surface area contributed by atoms with Crippen LogP contribution in [-0.2, 0) is 13.1 Å². The number of alkyl halides is 3. The monoisotopic (exact) mass is 262 g/mol. The number of imidazole rings is 1. The molecule has 0 amide bonds. The van der Waals surface area contributed by atoms with Gasteiger partial charge in [-0.05, 0) is 6.92 Å². The molecule has 0 saturated carbocycles. The second-order valence-electron chi connectivity index (χ2n) is 4.61. The number of rotatable bonds is 3. The Hall–Kier alpha value is -1.08. The zero-order valence-electron chi connectivity index (χ0n) is 10.2. The Morgan fingerprint density at radius 1 is 1.50 bits per heavy atom. The molecule has 2 heterocycles. The molecular weight excluding hydrogens is 245 g/mol. The highest BCUT2D eigenvalue weighted by Crippen LogP contribution is 2.19. The Balaban J connectivity index is 2.03. The second kappa shape index (κ2) is 5.27. The molecule has 1 aromatic heterocycles. The third-order valence-corrected chi connectivity index (χ3v) is 3.13. The third kappa shape index (κ3) is 3.46. The standard InChI is InChI=1S/C11H17F3N4/c1-9-6-15-2-4-17(9)7-10-16-3-5-18(10)8-11(12,13)14/h3,5,9,15H,2,4,6-8H2,1H3/t9-/m0/s1. The lowest BCUT2D eigenvalue weighted by Crippen LogP contribution is -2.49. The first kappa shape index (κ1) is 13.4. The van der Waals surface area contributed by atoms with E-state index in [4.69, 9.17) is 0 Å². The van der Waals surface area contributed by atoms with Gasteiger partial charge in [-0.3, -0.25) is 4.90 Å². The summed E-state index contributed by atoms with van der Waals surface area (Å²) in [7, 11) is 0. The summed E-state index contributed by atoms with van der Waals surface area (Å²) in [6.45, 7) is 4.11. The molecule has 1 aliphatic rings. The van der Waals surface area contributed by atoms with Crippen LogP contribution in [0.3, 0.4) is 0 Å². The van der Waals surface area contributed by atoms with Gasteiger partial charge in [-0.2, -0.15) is 13.2 Å². The molecule has 1 aliphatic heterocycles. The average Bonchev–Trinajstić information content (AvgIpc) is 2.67. The summed E-state index contributed by atoms with van der Waals surface area (Å²) in [5, 5.41) is 3.25. The van der Waals surface area contributed by atoms with Gasteiger partial charge in [-0.25, -0.2) is 4.98 Å². The first-order valence-electron chi connectivity index (χ1n) is 5.97. The van der Waals surface area contributed by atoms with Crippen molar-refractivity contribution in [2.45, 2.75) is 32.2 Å². The molecule has 18 heavy (non-hydrogen) atoms. The summed E-state index contributed by atoms with van der Waals surface area (Å²) in [4.78, 5) is 6.17. The molecule has 7 heteroatoms. The minimum absolute atomic E-state index is 0.315. The van der Waals surface area contributed by atoms with E-state index < -0.39 is 12.7 Å². The fourth-order valence-electron chi connectivity index (χ4n) is 2.13. The second-order valence-corrected chi connectivity index (χ2v) is 4.61. The van der Waals surface area contributed by atoms with Crippen LogP contribution in [0.15, 0.2) is 12.4 Å². The lowest BCUT2D eigenvalue weighted by atomic mass is 10.2. The van der Waals surface area contributed by atoms with E-state index in [2.05, 4.69) is 22.1 Å². The molecule has 0 radical (unpaired) electrons. The summed E-state index contributed by atoms with van der Waals surface area (Å²) in [6.07, 6.45) is -1.39. The number of halogens is 3. The number of hydrogen-bond acceptors (Lipinski definition) is 3. The molecule has 4 nitrogen and oxygen atoms in total. The lowest BCUT2D eigenvalue weighted by molar-refractivity contribution is -0.141. The van der Waals surface area contributed by atoms with Crippen molar-refractivity contribution < 1.29 is 13.2 Å². The van der Waals surface area contributed by atoms with Crippen LogP contribution in [0.1, 0.15) is 12.7 Å². The van der Waals surface area contributed by atoms with E-state index >= 15 is 0 Å². The predicted molar refractivity (Wildman–Crippen MR) is 61.0 cm³/mol. The highest BCUT2D eigenvalue weighted by Gasteiger charge is 2.29. The lowest BCUT2D eigenvalue weighted by Gasteiger charge is -2.33. The molecule has 0 unspecified atom stereocenters. The molecule has 0 spiro atoms. The van der Waals surface area contributed by atoms with Crippen LogP contribution in [0, 0.1) is 0 Å². The van der Waals surface area contributed by atoms with Gasteiger partial charge >= 0.3 is 6.18 Å². The summed E-state index contributed by atoms with van der Waals surface area (Å²) in [5.74, 6) is 0.473. The molecule has 2 rings (SSSR count). The topological polar surface area (TPSA) is 33.1 Å². The van der Waals surface area contributed by atoms with Crippen LogP contribution in [0.4, 0.5) is 13.2 Å². The zero-order chi connectivity index (χ0) is 13.2. The summed E-state index contributed by atoms with van der Waals surface area (Å²) >= 11 is 0. The molecule has 1 saturated heterocycles. The van der Waals surface area contributed by atoms with Crippen molar-refractivity contribution in [2.24, 2.45) is 0 Å². The third-order valence-electron chi connectivity index (χ3n) is 3.13. The van der Waals surface area contributed by atoms with Crippen molar-refractivity contribution in [1.29, 1.82) is 0 Å². The maximum Gasteiger partial charge on any atom is 0.406 e. The maximum absolute atomic E-state index is 12.4. The van der Waals surface area contributed by atoms with Gasteiger partial charge in [0.05, 0.1) is 6.54 Å². The molecule has 1 aromatic rings. The van der Waals surface area contributed by atoms with Gasteiger partial charge in [0.1, 0.15) is 12.4 Å². The van der Waals surface area contributed by atoms with Crippen LogP contribution in [0.25, 0.3) is 0 Å². The van der Waals surface area contributed by atoms with Crippen molar-refractivity contribution in [3.8, 4) is 0 Å². The predicted octanol–water partition coefficient (Wildman–Crippen LogP) is 1.24. The first-order chi connectivity index (χ1) is 8.46. The molecular formula is C11H17F3N4. The van der Waals surface area contributed by atoms with E-state index in [0.29, 0.717) is 18.4 Å². The van der Waals surface area contributed by atoms with Gasteiger partial charge < -0.3 is 9.88 Å². The van der Waals surface area contributed by atoms with Crippen LogP contribution in [0.2, 0.25) is 0 Å². The van der Waals surface area contributed by atoms with Gasteiger partial charge in [0.15, 0.2) is 0 Å². The van der Waals surface area contributed by atoms with Crippen LogP contribution in [0.5, 0.6) is 0 Å². The number of aromatic nitrogens is 2. The SMILES string of the molecule is C[C@H]1CNCCN1Cc1nccn1CC(F)(F)F. The molecule has 1 fully saturated rings. The van der Waals surface area contributed by atoms with Crippen molar-refractivity contribution in [1.82, 2.24) is 19.8 Å². The van der Waals surface area contributed by atoms with Crippen molar-refractivity contribution in [3.63, 3.8) is 0 Å². The van der Waals surface area contributed by atoms with Gasteiger partial charge in [0, 0.05) is 38.1 Å². The Morgan fingerprint density at radius 2 is 2.28 bits per heavy atom. The minimum atomic E-state index is -4.20. The highest BCUT2D eigenvalue weighted by molar-refractivity contribution is 4.94. The number of hydrogen-bond donors (Lipinski definition) is 1. The highest BCUT2D eigenvalue weighted by atomic mass is 19.4. The normalized spacial score (nSPS) is 22.3. The van der Waals surface area contributed by atoms with Crippen LogP contribution < -0.4 is 5.32 Å². The Bertz CT molecular complexity index is 388.